The fourth-order valence-corrected chi connectivity index (χ4v) is 6.57. The molecule has 0 saturated carbocycles. The minimum atomic E-state index is -0.561. The predicted octanol–water partition coefficient (Wildman–Crippen LogP) is 5.71. The Hall–Kier alpha value is -3.40. The van der Waals surface area contributed by atoms with E-state index in [9.17, 15) is 0 Å². The molecule has 0 spiro atoms. The van der Waals surface area contributed by atoms with Crippen molar-refractivity contribution >= 4 is 22.7 Å². The van der Waals surface area contributed by atoms with Gasteiger partial charge in [-0.05, 0) is 74.1 Å². The van der Waals surface area contributed by atoms with Gasteiger partial charge in [-0.25, -0.2) is 13.8 Å². The molecule has 0 amide bonds. The Kier molecular flexibility index (Phi) is 6.73. The van der Waals surface area contributed by atoms with Crippen LogP contribution in [0.15, 0.2) is 48.8 Å². The van der Waals surface area contributed by atoms with Crippen molar-refractivity contribution in [2.45, 2.75) is 57.8 Å². The van der Waals surface area contributed by atoms with E-state index in [1.807, 2.05) is 17.0 Å². The van der Waals surface area contributed by atoms with Crippen LogP contribution in [0, 0.1) is 18.6 Å². The van der Waals surface area contributed by atoms with Crippen molar-refractivity contribution in [2.75, 3.05) is 31.6 Å². The van der Waals surface area contributed by atoms with E-state index in [1.165, 1.54) is 48.9 Å². The van der Waals surface area contributed by atoms with E-state index in [1.54, 1.807) is 17.0 Å². The summed E-state index contributed by atoms with van der Waals surface area (Å²) in [5.41, 5.74) is 4.57. The molecule has 3 aliphatic heterocycles. The maximum atomic E-state index is 15.1. The third-order valence-electron chi connectivity index (χ3n) is 8.88. The van der Waals surface area contributed by atoms with Gasteiger partial charge in [0.25, 0.3) is 0 Å². The van der Waals surface area contributed by atoms with Crippen LogP contribution >= 0.6 is 0 Å². The lowest BCUT2D eigenvalue weighted by molar-refractivity contribution is 0.0332. The van der Waals surface area contributed by atoms with Crippen LogP contribution in [0.2, 0.25) is 0 Å². The number of halogens is 2. The normalized spacial score (nSPS) is 21.5. The predicted molar refractivity (Wildman–Crippen MR) is 151 cm³/mol. The fraction of sp³-hybridized carbons (Fsp3) is 0.419. The van der Waals surface area contributed by atoms with Crippen LogP contribution in [0.25, 0.3) is 16.7 Å². The molecule has 3 saturated heterocycles. The van der Waals surface area contributed by atoms with Gasteiger partial charge in [0.1, 0.15) is 17.3 Å². The summed E-state index contributed by atoms with van der Waals surface area (Å²) in [5.74, 6) is -0.683. The van der Waals surface area contributed by atoms with Crippen LogP contribution in [0.5, 0.6) is 0 Å². The molecule has 7 nitrogen and oxygen atoms in total. The molecule has 5 heterocycles. The molecule has 0 radical (unpaired) electrons. The fourth-order valence-electron chi connectivity index (χ4n) is 6.57. The summed E-state index contributed by atoms with van der Waals surface area (Å²) in [6.45, 7) is 5.84. The number of aromatic nitrogens is 3. The molecule has 2 bridgehead atoms. The summed E-state index contributed by atoms with van der Waals surface area (Å²) in [5, 5.41) is 4.14. The number of nitrogens with zero attached hydrogens (tertiary/aromatic N) is 5. The Morgan fingerprint density at radius 1 is 0.950 bits per heavy atom. The Morgan fingerprint density at radius 2 is 1.68 bits per heavy atom. The van der Waals surface area contributed by atoms with Crippen LogP contribution in [0.1, 0.15) is 42.4 Å². The molecule has 2 aromatic carbocycles. The van der Waals surface area contributed by atoms with Crippen molar-refractivity contribution in [3.8, 4) is 5.69 Å². The molecule has 0 atom stereocenters. The average molecular weight is 545 g/mol. The van der Waals surface area contributed by atoms with Crippen LogP contribution in [0.4, 0.5) is 20.4 Å². The van der Waals surface area contributed by atoms with Gasteiger partial charge >= 0.3 is 0 Å². The van der Waals surface area contributed by atoms with Gasteiger partial charge in [0.2, 0.25) is 5.95 Å². The van der Waals surface area contributed by atoms with E-state index in [4.69, 9.17) is 9.72 Å². The minimum absolute atomic E-state index is 0.0798. The van der Waals surface area contributed by atoms with Crippen molar-refractivity contribution in [2.24, 2.45) is 0 Å². The quantitative estimate of drug-likeness (QED) is 0.322. The molecule has 40 heavy (non-hydrogen) atoms. The molecule has 0 aliphatic carbocycles. The lowest BCUT2D eigenvalue weighted by atomic mass is 10.0. The first-order valence-corrected chi connectivity index (χ1v) is 14.3. The van der Waals surface area contributed by atoms with Gasteiger partial charge in [-0.15, -0.1) is 0 Å². The summed E-state index contributed by atoms with van der Waals surface area (Å²) < 4.78 is 37.3. The third-order valence-corrected chi connectivity index (χ3v) is 8.88. The van der Waals surface area contributed by atoms with Gasteiger partial charge in [-0.2, -0.15) is 4.98 Å². The molecular formula is C31H34F2N6O. The van der Waals surface area contributed by atoms with E-state index < -0.39 is 11.6 Å². The Morgan fingerprint density at radius 3 is 2.40 bits per heavy atom. The first-order valence-electron chi connectivity index (χ1n) is 14.3. The van der Waals surface area contributed by atoms with E-state index in [0.29, 0.717) is 43.6 Å². The summed E-state index contributed by atoms with van der Waals surface area (Å²) in [6, 6.07) is 12.4. The number of morpholine rings is 1. The second kappa shape index (κ2) is 10.5. The summed E-state index contributed by atoms with van der Waals surface area (Å²) in [4.78, 5) is 13.9. The Balaban J connectivity index is 1.13. The second-order valence-corrected chi connectivity index (χ2v) is 11.3. The molecule has 208 valence electrons. The smallest absolute Gasteiger partial charge is 0.229 e. The van der Waals surface area contributed by atoms with Crippen molar-refractivity contribution in [3.63, 3.8) is 0 Å². The van der Waals surface area contributed by atoms with Crippen LogP contribution in [-0.4, -0.2) is 62.7 Å². The first kappa shape index (κ1) is 25.6. The Bertz CT molecular complexity index is 1510. The van der Waals surface area contributed by atoms with E-state index in [-0.39, 0.29) is 12.1 Å². The van der Waals surface area contributed by atoms with Crippen molar-refractivity contribution in [3.05, 3.63) is 77.1 Å². The van der Waals surface area contributed by atoms with Crippen LogP contribution in [0.3, 0.4) is 0 Å². The SMILES string of the molecule is Cc1ccc(Nc2ncc3ccn(-c4cc(F)c(CN5CCOCC5)c(F)c4)c3n2)cc1CN1C2CCC1CC2. The van der Waals surface area contributed by atoms with Gasteiger partial charge in [0.05, 0.1) is 18.9 Å². The Labute approximate surface area is 232 Å². The monoisotopic (exact) mass is 544 g/mol. The molecule has 1 N–H and O–H groups in total. The van der Waals surface area contributed by atoms with Gasteiger partial charge < -0.3 is 14.6 Å². The zero-order valence-corrected chi connectivity index (χ0v) is 22.7. The molecule has 3 fully saturated rings. The van der Waals surface area contributed by atoms with Crippen molar-refractivity contribution in [1.29, 1.82) is 0 Å². The van der Waals surface area contributed by atoms with Crippen LogP contribution < -0.4 is 5.32 Å². The molecule has 9 heteroatoms. The topological polar surface area (TPSA) is 58.5 Å². The van der Waals surface area contributed by atoms with Crippen molar-refractivity contribution < 1.29 is 13.5 Å². The number of aryl methyl sites for hydroxylation is 1. The molecule has 0 unspecified atom stereocenters. The average Bonchev–Trinajstić information content (AvgIpc) is 3.67. The van der Waals surface area contributed by atoms with Gasteiger partial charge in [-0.1, -0.05) is 6.07 Å². The molecular weight excluding hydrogens is 510 g/mol. The number of ether oxygens (including phenoxy) is 1. The number of nitrogens with one attached hydrogen (secondary N) is 1. The number of rotatable bonds is 7. The highest BCUT2D eigenvalue weighted by molar-refractivity contribution is 5.79. The zero-order chi connectivity index (χ0) is 27.2. The van der Waals surface area contributed by atoms with Crippen molar-refractivity contribution in [1.82, 2.24) is 24.3 Å². The molecule has 2 aromatic heterocycles. The van der Waals surface area contributed by atoms with E-state index in [2.05, 4.69) is 34.3 Å². The number of hydrogen-bond donors (Lipinski definition) is 1. The van der Waals surface area contributed by atoms with Gasteiger partial charge in [0.15, 0.2) is 0 Å². The standard InChI is InChI=1S/C31H34F2N6O/c1-20-2-3-23(14-22(20)18-39-24-4-5-25(39)7-6-24)35-31-34-17-21-8-9-38(30(21)36-31)26-15-28(32)27(29(33)16-26)19-37-10-12-40-13-11-37/h2-3,8-9,14-17,24-25H,4-7,10-13,18-19H2,1H3,(H,34,35,36). The molecule has 7 rings (SSSR count). The molecule has 4 aromatic rings. The summed E-state index contributed by atoms with van der Waals surface area (Å²) in [6.07, 6.45) is 8.78. The maximum Gasteiger partial charge on any atom is 0.229 e. The number of benzene rings is 2. The number of anilines is 2. The largest absolute Gasteiger partial charge is 0.379 e. The first-order chi connectivity index (χ1) is 19.5. The minimum Gasteiger partial charge on any atom is -0.379 e. The highest BCUT2D eigenvalue weighted by Crippen LogP contribution is 2.39. The lowest BCUT2D eigenvalue weighted by Crippen LogP contribution is -2.36. The highest BCUT2D eigenvalue weighted by atomic mass is 19.1. The molecule has 3 aliphatic rings. The van der Waals surface area contributed by atoms with Gasteiger partial charge in [0, 0.05) is 67.3 Å². The summed E-state index contributed by atoms with van der Waals surface area (Å²) >= 11 is 0. The second-order valence-electron chi connectivity index (χ2n) is 11.3. The lowest BCUT2D eigenvalue weighted by Gasteiger charge is -2.27. The number of fused-ring (bicyclic) bond motifs is 3. The zero-order valence-electron chi connectivity index (χ0n) is 22.7. The summed E-state index contributed by atoms with van der Waals surface area (Å²) in [7, 11) is 0. The maximum absolute atomic E-state index is 15.1. The number of hydrogen-bond acceptors (Lipinski definition) is 6. The highest BCUT2D eigenvalue weighted by Gasteiger charge is 2.39. The van der Waals surface area contributed by atoms with Gasteiger partial charge in [-0.3, -0.25) is 9.80 Å². The van der Waals surface area contributed by atoms with Crippen LogP contribution in [-0.2, 0) is 17.8 Å². The third kappa shape index (κ3) is 4.87. The van der Waals surface area contributed by atoms with E-state index in [0.717, 1.165) is 29.7 Å². The van der Waals surface area contributed by atoms with E-state index >= 15 is 8.78 Å².